The summed E-state index contributed by atoms with van der Waals surface area (Å²) in [7, 11) is 0. The SMILES string of the molecule is [2H]c1c([2H])c([2H])c2c(-c3c([2H])c4c([2H])c([2H])c([2H])c([2H])c4c4c([2H])c([2H])c([2H])c([2H])c34)c3c([2H])c([2H])c([2H])c([2H])c3c(-c3ccccc3-c3ccccc3)c2c1[2H]. The molecule has 0 spiro atoms. The van der Waals surface area contributed by atoms with Crippen LogP contribution < -0.4 is 0 Å². The zero-order chi connectivity index (χ0) is 41.3. The van der Waals surface area contributed by atoms with Gasteiger partial charge in [-0.25, -0.2) is 0 Å². The zero-order valence-corrected chi connectivity index (χ0v) is 20.7. The Morgan fingerprint density at radius 2 is 0.800 bits per heavy atom. The summed E-state index contributed by atoms with van der Waals surface area (Å²) >= 11 is 0. The van der Waals surface area contributed by atoms with Gasteiger partial charge in [0.05, 0.1) is 23.3 Å². The first-order valence-electron chi connectivity index (χ1n) is 21.0. The van der Waals surface area contributed by atoms with Crippen molar-refractivity contribution in [3.8, 4) is 33.4 Å². The van der Waals surface area contributed by atoms with Crippen LogP contribution in [0, 0.1) is 0 Å². The molecule has 0 aromatic heterocycles. The van der Waals surface area contributed by atoms with E-state index in [1.807, 2.05) is 12.1 Å². The van der Waals surface area contributed by atoms with Crippen LogP contribution in [0.2, 0.25) is 0 Å². The smallest absolute Gasteiger partial charge is 0.0622 e. The van der Waals surface area contributed by atoms with Crippen molar-refractivity contribution in [1.29, 1.82) is 0 Å². The second-order valence-corrected chi connectivity index (χ2v) is 9.16. The first kappa shape index (κ1) is 11.5. The third-order valence-electron chi connectivity index (χ3n) is 7.03. The highest BCUT2D eigenvalue weighted by Crippen LogP contribution is 2.47. The minimum absolute atomic E-state index is 0.0163. The van der Waals surface area contributed by atoms with Crippen LogP contribution >= 0.6 is 0 Å². The van der Waals surface area contributed by atoms with Gasteiger partial charge in [-0.3, -0.25) is 0 Å². The molecule has 40 heavy (non-hydrogen) atoms. The van der Waals surface area contributed by atoms with E-state index in [9.17, 15) is 8.22 Å². The van der Waals surface area contributed by atoms with Gasteiger partial charge in [0.1, 0.15) is 0 Å². The van der Waals surface area contributed by atoms with Gasteiger partial charge in [0.2, 0.25) is 0 Å². The van der Waals surface area contributed by atoms with Crippen LogP contribution in [0.3, 0.4) is 0 Å². The van der Waals surface area contributed by atoms with Crippen molar-refractivity contribution in [1.82, 2.24) is 0 Å². The molecule has 0 heteroatoms. The van der Waals surface area contributed by atoms with Gasteiger partial charge >= 0.3 is 0 Å². The summed E-state index contributed by atoms with van der Waals surface area (Å²) in [6, 6.07) is 3.86. The molecule has 0 saturated heterocycles. The summed E-state index contributed by atoms with van der Waals surface area (Å²) in [5.41, 5.74) is 0.722. The molecule has 0 unspecified atom stereocenters. The molecule has 0 fully saturated rings. The van der Waals surface area contributed by atoms with Gasteiger partial charge in [0.15, 0.2) is 0 Å². The van der Waals surface area contributed by atoms with Gasteiger partial charge in [-0.15, -0.1) is 0 Å². The lowest BCUT2D eigenvalue weighted by Crippen LogP contribution is -1.93. The molecule has 0 heterocycles. The van der Waals surface area contributed by atoms with Crippen LogP contribution in [0.25, 0.3) is 76.5 Å². The molecule has 0 nitrogen and oxygen atoms in total. The highest BCUT2D eigenvalue weighted by Gasteiger charge is 2.20. The maximum atomic E-state index is 9.73. The monoisotopic (exact) mass is 523 g/mol. The van der Waals surface area contributed by atoms with E-state index < -0.39 is 130 Å². The van der Waals surface area contributed by atoms with Gasteiger partial charge in [-0.1, -0.05) is 151 Å². The van der Waals surface area contributed by atoms with E-state index in [0.29, 0.717) is 16.7 Å². The summed E-state index contributed by atoms with van der Waals surface area (Å²) in [6.07, 6.45) is 0. The van der Waals surface area contributed by atoms with Crippen molar-refractivity contribution in [2.24, 2.45) is 0 Å². The van der Waals surface area contributed by atoms with E-state index in [0.717, 1.165) is 0 Å². The van der Waals surface area contributed by atoms with Gasteiger partial charge in [-0.05, 0) is 82.5 Å². The van der Waals surface area contributed by atoms with Crippen LogP contribution in [0.15, 0.2) is 157 Å². The zero-order valence-electron chi connectivity index (χ0n) is 37.7. The Labute approximate surface area is 257 Å². The molecule has 8 rings (SSSR count). The van der Waals surface area contributed by atoms with Crippen molar-refractivity contribution in [3.05, 3.63) is 157 Å². The Balaban J connectivity index is 1.81. The largest absolute Gasteiger partial charge is 0.0636 e. The van der Waals surface area contributed by atoms with Crippen molar-refractivity contribution in [2.75, 3.05) is 0 Å². The normalized spacial score (nSPS) is 17.4. The Morgan fingerprint density at radius 3 is 1.43 bits per heavy atom. The topological polar surface area (TPSA) is 0 Å². The molecule has 8 aromatic carbocycles. The van der Waals surface area contributed by atoms with Gasteiger partial charge < -0.3 is 0 Å². The van der Waals surface area contributed by atoms with Crippen molar-refractivity contribution in [3.63, 3.8) is 0 Å². The molecule has 0 amide bonds. The molecule has 0 saturated carbocycles. The molecule has 186 valence electrons. The molecule has 8 aromatic rings. The summed E-state index contributed by atoms with van der Waals surface area (Å²) < 4.78 is 153. The highest BCUT2D eigenvalue weighted by molar-refractivity contribution is 6.26. The molecule has 0 aliphatic carbocycles. The van der Waals surface area contributed by atoms with Crippen LogP contribution in [-0.2, 0) is 0 Å². The van der Waals surface area contributed by atoms with E-state index in [-0.39, 0.29) is 32.5 Å². The van der Waals surface area contributed by atoms with Gasteiger partial charge in [0, 0.05) is 0 Å². The second kappa shape index (κ2) is 9.22. The van der Waals surface area contributed by atoms with E-state index >= 15 is 0 Å². The van der Waals surface area contributed by atoms with E-state index in [1.54, 1.807) is 42.5 Å². The van der Waals surface area contributed by atoms with Crippen LogP contribution in [0.5, 0.6) is 0 Å². The van der Waals surface area contributed by atoms with Crippen LogP contribution in [0.4, 0.5) is 0 Å². The van der Waals surface area contributed by atoms with Gasteiger partial charge in [0.25, 0.3) is 0 Å². The maximum Gasteiger partial charge on any atom is 0.0636 e. The summed E-state index contributed by atoms with van der Waals surface area (Å²) in [5, 5.41) is -2.78. The van der Waals surface area contributed by atoms with Crippen molar-refractivity contribution < 1.29 is 23.3 Å². The van der Waals surface area contributed by atoms with E-state index in [2.05, 4.69) is 0 Å². The lowest BCUT2D eigenvalue weighted by atomic mass is 9.82. The Hall–Kier alpha value is -5.20. The molecule has 0 bridgehead atoms. The molecule has 0 radical (unpaired) electrons. The summed E-state index contributed by atoms with van der Waals surface area (Å²) in [5.74, 6) is 0. The average molecular weight is 524 g/mol. The maximum absolute atomic E-state index is 9.73. The lowest BCUT2D eigenvalue weighted by Gasteiger charge is -2.21. The standard InChI is InChI=1S/C40H26/c1-2-14-27(15-3-1)29-17-6-9-21-33(29)39-34-22-10-12-24-36(34)40(37-25-13-11-23-35(37)39)38-26-28-16-4-5-18-30(28)31-19-7-8-20-32(31)38/h1-26H/i4D,5D,7D,8D,10D,11D,12D,13D,16D,18D,19D,20D,22D,23D,24D,25D,26D. The number of benzene rings is 8. The fraction of sp³-hybridized carbons (Fsp3) is 0. The fourth-order valence-corrected chi connectivity index (χ4v) is 5.37. The fourth-order valence-electron chi connectivity index (χ4n) is 5.37. The van der Waals surface area contributed by atoms with E-state index in [4.69, 9.17) is 15.1 Å². The first-order valence-corrected chi connectivity index (χ1v) is 12.5. The average Bonchev–Trinajstić information content (AvgIpc) is 3.21. The molecular weight excluding hydrogens is 480 g/mol. The van der Waals surface area contributed by atoms with Crippen LogP contribution in [0.1, 0.15) is 23.3 Å². The predicted octanol–water partition coefficient (Wildman–Crippen LogP) is 11.3. The first-order chi connectivity index (χ1) is 26.9. The minimum atomic E-state index is -0.779. The highest BCUT2D eigenvalue weighted by atomic mass is 14.2. The number of fused-ring (bicyclic) bond motifs is 5. The third-order valence-corrected chi connectivity index (χ3v) is 7.03. The summed E-state index contributed by atoms with van der Waals surface area (Å²) in [6.45, 7) is 0. The summed E-state index contributed by atoms with van der Waals surface area (Å²) in [4.78, 5) is 0. The third kappa shape index (κ3) is 3.47. The quantitative estimate of drug-likeness (QED) is 0.160. The van der Waals surface area contributed by atoms with Crippen molar-refractivity contribution >= 4 is 43.1 Å². The molecular formula is C40H26. The lowest BCUT2D eigenvalue weighted by molar-refractivity contribution is 1.61. The minimum Gasteiger partial charge on any atom is -0.0622 e. The van der Waals surface area contributed by atoms with E-state index in [1.165, 1.54) is 0 Å². The Kier molecular flexibility index (Phi) is 2.65. The molecule has 0 N–H and O–H groups in total. The number of hydrogen-bond acceptors (Lipinski definition) is 0. The predicted molar refractivity (Wildman–Crippen MR) is 173 cm³/mol. The molecule has 0 aliphatic heterocycles. The number of rotatable bonds is 3. The Bertz CT molecular complexity index is 3060. The Morgan fingerprint density at radius 1 is 0.350 bits per heavy atom. The molecule has 0 aliphatic rings. The van der Waals surface area contributed by atoms with Gasteiger partial charge in [-0.2, -0.15) is 0 Å². The van der Waals surface area contributed by atoms with Crippen molar-refractivity contribution in [2.45, 2.75) is 0 Å². The van der Waals surface area contributed by atoms with Crippen LogP contribution in [-0.4, -0.2) is 0 Å². The number of hydrogen-bond donors (Lipinski definition) is 0. The molecule has 0 atom stereocenters. The second-order valence-electron chi connectivity index (χ2n) is 9.16.